The van der Waals surface area contributed by atoms with Crippen molar-refractivity contribution in [2.24, 2.45) is 0 Å². The number of rotatable bonds is 0. The average molecular weight is 180 g/mol. The molecule has 0 aliphatic carbocycles. The second-order valence-corrected chi connectivity index (χ2v) is 4.15. The Hall–Kier alpha value is -0.700. The van der Waals surface area contributed by atoms with E-state index in [9.17, 15) is 0 Å². The number of aromatic nitrogens is 1. The molecule has 12 heavy (non-hydrogen) atoms. The molecule has 3 heteroatoms. The van der Waals surface area contributed by atoms with Gasteiger partial charge in [0.2, 0.25) is 0 Å². The predicted molar refractivity (Wildman–Crippen MR) is 52.8 cm³/mol. The first kappa shape index (κ1) is 7.92. The van der Waals surface area contributed by atoms with E-state index in [1.165, 1.54) is 10.6 Å². The van der Waals surface area contributed by atoms with E-state index in [2.05, 4.69) is 29.9 Å². The molecule has 2 heterocycles. The minimum atomic E-state index is 1.06. The topological polar surface area (TPSA) is 16.1 Å². The third-order valence-electron chi connectivity index (χ3n) is 2.06. The Morgan fingerprint density at radius 1 is 1.50 bits per heavy atom. The van der Waals surface area contributed by atoms with Crippen LogP contribution < -0.4 is 4.90 Å². The summed E-state index contributed by atoms with van der Waals surface area (Å²) >= 11 is 1.89. The molecule has 0 atom stereocenters. The lowest BCUT2D eigenvalue weighted by atomic mass is 10.2. The van der Waals surface area contributed by atoms with Crippen molar-refractivity contribution in [3.05, 3.63) is 17.5 Å². The van der Waals surface area contributed by atoms with Gasteiger partial charge in [0, 0.05) is 17.6 Å². The predicted octanol–water partition coefficient (Wildman–Crippen LogP) is 2.20. The summed E-state index contributed by atoms with van der Waals surface area (Å²) in [6.45, 7) is 4.13. The smallest absolute Gasteiger partial charge is 0.0725 e. The Morgan fingerprint density at radius 2 is 2.25 bits per heavy atom. The van der Waals surface area contributed by atoms with E-state index in [0.29, 0.717) is 0 Å². The summed E-state index contributed by atoms with van der Waals surface area (Å²) in [4.78, 5) is 8.07. The summed E-state index contributed by atoms with van der Waals surface area (Å²) < 4.78 is 0. The third kappa shape index (κ3) is 1.08. The molecule has 2 rings (SSSR count). The molecule has 0 amide bonds. The Kier molecular flexibility index (Phi) is 1.76. The Balaban J connectivity index is 2.60. The molecular weight excluding hydrogens is 168 g/mol. The average Bonchev–Trinajstić information content (AvgIpc) is 2.31. The van der Waals surface area contributed by atoms with Crippen LogP contribution in [0.5, 0.6) is 0 Å². The van der Waals surface area contributed by atoms with Crippen molar-refractivity contribution < 1.29 is 0 Å². The monoisotopic (exact) mass is 180 g/mol. The largest absolute Gasteiger partial charge is 0.363 e. The van der Waals surface area contributed by atoms with E-state index in [1.54, 1.807) is 0 Å². The molecular formula is C9H12N2S. The molecule has 1 aromatic rings. The van der Waals surface area contributed by atoms with Crippen molar-refractivity contribution >= 4 is 17.4 Å². The zero-order valence-corrected chi connectivity index (χ0v) is 8.40. The van der Waals surface area contributed by atoms with Crippen LogP contribution in [-0.4, -0.2) is 17.9 Å². The van der Waals surface area contributed by atoms with Gasteiger partial charge < -0.3 is 4.90 Å². The molecule has 0 unspecified atom stereocenters. The first-order valence-electron chi connectivity index (χ1n) is 4.00. The molecule has 0 radical (unpaired) electrons. The highest BCUT2D eigenvalue weighted by molar-refractivity contribution is 7.99. The molecule has 1 aliphatic rings. The second kappa shape index (κ2) is 2.66. The molecule has 1 aliphatic heterocycles. The van der Waals surface area contributed by atoms with Crippen molar-refractivity contribution in [3.8, 4) is 0 Å². The first-order valence-corrected chi connectivity index (χ1v) is 4.99. The van der Waals surface area contributed by atoms with Gasteiger partial charge >= 0.3 is 0 Å². The molecule has 0 spiro atoms. The summed E-state index contributed by atoms with van der Waals surface area (Å²) in [5.41, 5.74) is 3.58. The number of hydrogen-bond donors (Lipinski definition) is 0. The molecule has 2 nitrogen and oxygen atoms in total. The van der Waals surface area contributed by atoms with Crippen LogP contribution in [0.2, 0.25) is 0 Å². The maximum atomic E-state index is 4.44. The molecule has 0 aromatic carbocycles. The van der Waals surface area contributed by atoms with Crippen LogP contribution >= 0.6 is 11.8 Å². The molecule has 0 saturated heterocycles. The zero-order chi connectivity index (χ0) is 8.72. The van der Waals surface area contributed by atoms with Crippen LogP contribution in [0.25, 0.3) is 0 Å². The van der Waals surface area contributed by atoms with Crippen molar-refractivity contribution in [2.75, 3.05) is 17.8 Å². The van der Waals surface area contributed by atoms with Gasteiger partial charge in [-0.05, 0) is 19.9 Å². The highest BCUT2D eigenvalue weighted by Crippen LogP contribution is 2.39. The fourth-order valence-electron chi connectivity index (χ4n) is 1.59. The van der Waals surface area contributed by atoms with Crippen molar-refractivity contribution in [1.82, 2.24) is 4.98 Å². The van der Waals surface area contributed by atoms with Gasteiger partial charge in [-0.25, -0.2) is 0 Å². The van der Waals surface area contributed by atoms with E-state index in [1.807, 2.05) is 18.7 Å². The lowest BCUT2D eigenvalue weighted by molar-refractivity contribution is 1.02. The van der Waals surface area contributed by atoms with Gasteiger partial charge in [0.15, 0.2) is 0 Å². The van der Waals surface area contributed by atoms with Gasteiger partial charge in [0.1, 0.15) is 0 Å². The summed E-state index contributed by atoms with van der Waals surface area (Å²) in [7, 11) is 2.11. The highest BCUT2D eigenvalue weighted by atomic mass is 32.2. The van der Waals surface area contributed by atoms with Crippen LogP contribution in [0.15, 0.2) is 11.0 Å². The second-order valence-electron chi connectivity index (χ2n) is 3.17. The van der Waals surface area contributed by atoms with Crippen LogP contribution in [0, 0.1) is 13.8 Å². The number of anilines is 1. The normalized spacial score (nSPS) is 15.1. The van der Waals surface area contributed by atoms with Crippen molar-refractivity contribution in [2.45, 2.75) is 18.7 Å². The van der Waals surface area contributed by atoms with Gasteiger partial charge in [0.25, 0.3) is 0 Å². The van der Waals surface area contributed by atoms with Gasteiger partial charge in [-0.15, -0.1) is 11.8 Å². The maximum Gasteiger partial charge on any atom is 0.0725 e. The molecule has 0 fully saturated rings. The third-order valence-corrected chi connectivity index (χ3v) is 3.19. The Labute approximate surface area is 77.0 Å². The number of nitrogens with zero attached hydrogens (tertiary/aromatic N) is 2. The fraction of sp³-hybridized carbons (Fsp3) is 0.444. The molecule has 0 N–H and O–H groups in total. The molecule has 0 saturated carbocycles. The quantitative estimate of drug-likeness (QED) is 0.609. The molecule has 64 valence electrons. The first-order chi connectivity index (χ1) is 5.68. The Bertz CT molecular complexity index is 323. The lowest BCUT2D eigenvalue weighted by Crippen LogP contribution is -2.12. The van der Waals surface area contributed by atoms with Crippen LogP contribution in [0.3, 0.4) is 0 Å². The summed E-state index contributed by atoms with van der Waals surface area (Å²) in [5.74, 6) is 1.06. The van der Waals surface area contributed by atoms with Crippen molar-refractivity contribution in [1.29, 1.82) is 0 Å². The molecule has 0 bridgehead atoms. The van der Waals surface area contributed by atoms with Gasteiger partial charge in [0.05, 0.1) is 17.3 Å². The van der Waals surface area contributed by atoms with E-state index in [-0.39, 0.29) is 0 Å². The molecule has 1 aromatic heterocycles. The zero-order valence-electron chi connectivity index (χ0n) is 7.59. The minimum Gasteiger partial charge on any atom is -0.363 e. The SMILES string of the molecule is Cc1cc2c(c(C)n1)N(C)CS2. The summed E-state index contributed by atoms with van der Waals surface area (Å²) in [6.07, 6.45) is 0. The lowest BCUT2D eigenvalue weighted by Gasteiger charge is -2.12. The van der Waals surface area contributed by atoms with E-state index >= 15 is 0 Å². The van der Waals surface area contributed by atoms with Crippen LogP contribution in [-0.2, 0) is 0 Å². The van der Waals surface area contributed by atoms with Gasteiger partial charge in [-0.3, -0.25) is 4.98 Å². The Morgan fingerprint density at radius 3 is 3.00 bits per heavy atom. The van der Waals surface area contributed by atoms with E-state index in [4.69, 9.17) is 0 Å². The minimum absolute atomic E-state index is 1.06. The highest BCUT2D eigenvalue weighted by Gasteiger charge is 2.19. The number of thioether (sulfide) groups is 1. The van der Waals surface area contributed by atoms with Crippen LogP contribution in [0.1, 0.15) is 11.4 Å². The van der Waals surface area contributed by atoms with Gasteiger partial charge in [-0.1, -0.05) is 0 Å². The standard InChI is InChI=1S/C9H12N2S/c1-6-4-8-9(7(2)10-6)11(3)5-12-8/h4H,5H2,1-3H3. The number of aryl methyl sites for hydroxylation is 2. The number of pyridine rings is 1. The van der Waals surface area contributed by atoms with Crippen molar-refractivity contribution in [3.63, 3.8) is 0 Å². The fourth-order valence-corrected chi connectivity index (χ4v) is 2.75. The van der Waals surface area contributed by atoms with Crippen LogP contribution in [0.4, 0.5) is 5.69 Å². The number of hydrogen-bond acceptors (Lipinski definition) is 3. The maximum absolute atomic E-state index is 4.44. The number of fused-ring (bicyclic) bond motifs is 1. The van der Waals surface area contributed by atoms with Gasteiger partial charge in [-0.2, -0.15) is 0 Å². The summed E-state index contributed by atoms with van der Waals surface area (Å²) in [6, 6.07) is 2.16. The van der Waals surface area contributed by atoms with E-state index < -0.39 is 0 Å². The van der Waals surface area contributed by atoms with E-state index in [0.717, 1.165) is 17.3 Å². The summed E-state index contributed by atoms with van der Waals surface area (Å²) in [5, 5.41) is 0.